The van der Waals surface area contributed by atoms with Gasteiger partial charge in [0.05, 0.1) is 0 Å². The SMILES string of the molecule is Cl.NCCCC[C@H](NC(=O)OCC1c2ccccc2-c2ccccc21)C(=O)O.O=C(CCCCC[C@H](NC(=O)OCC1c2ccccc2-c2ccccc21)C(=O)O)Cn1nnc(-c2ccccc2)n1.O=C(O)Cn1nnc(-c2ccccc2)n1. The quantitative estimate of drug-likeness (QED) is 0.0308. The van der Waals surface area contributed by atoms with E-state index in [1.165, 1.54) is 4.80 Å². The number of hydrogen-bond acceptors (Lipinski definition) is 15. The van der Waals surface area contributed by atoms with Gasteiger partial charge in [0, 0.05) is 29.4 Å². The number of alkyl carbamates (subject to hydrolysis) is 2. The first kappa shape index (κ1) is 61.9. The zero-order valence-electron chi connectivity index (χ0n) is 45.7. The number of carboxylic acid groups (broad SMARTS) is 3. The Kier molecular flexibility index (Phi) is 22.8. The van der Waals surface area contributed by atoms with Crippen molar-refractivity contribution in [2.45, 2.75) is 88.4 Å². The van der Waals surface area contributed by atoms with Crippen molar-refractivity contribution in [3.8, 4) is 45.0 Å². The van der Waals surface area contributed by atoms with Crippen molar-refractivity contribution in [1.29, 1.82) is 0 Å². The number of nitrogens with one attached hydrogen (secondary N) is 2. The van der Waals surface area contributed by atoms with Gasteiger partial charge in [0.15, 0.2) is 12.3 Å². The van der Waals surface area contributed by atoms with Gasteiger partial charge >= 0.3 is 30.1 Å². The minimum absolute atomic E-state index is 0. The molecule has 0 radical (unpaired) electrons. The van der Waals surface area contributed by atoms with Crippen LogP contribution in [0.25, 0.3) is 45.0 Å². The van der Waals surface area contributed by atoms with Gasteiger partial charge in [-0.2, -0.15) is 9.59 Å². The lowest BCUT2D eigenvalue weighted by Gasteiger charge is -2.17. The molecule has 0 unspecified atom stereocenters. The molecule has 436 valence electrons. The summed E-state index contributed by atoms with van der Waals surface area (Å²) < 4.78 is 10.9. The molecular weight excluding hydrogens is 1100 g/mol. The fourth-order valence-electron chi connectivity index (χ4n) is 9.80. The minimum atomic E-state index is -1.12. The molecule has 6 aromatic carbocycles. The summed E-state index contributed by atoms with van der Waals surface area (Å²) in [6.07, 6.45) is 2.54. The molecular formula is C61H64ClN11O11. The van der Waals surface area contributed by atoms with E-state index in [4.69, 9.17) is 20.3 Å². The highest BCUT2D eigenvalue weighted by Crippen LogP contribution is 2.45. The molecule has 0 fully saturated rings. The number of benzene rings is 6. The number of halogens is 1. The molecule has 0 spiro atoms. The number of tetrazole rings is 2. The van der Waals surface area contributed by atoms with Gasteiger partial charge in [-0.1, -0.05) is 171 Å². The van der Waals surface area contributed by atoms with Crippen LogP contribution in [-0.4, -0.2) is 123 Å². The normalized spacial score (nSPS) is 12.4. The van der Waals surface area contributed by atoms with Gasteiger partial charge in [-0.3, -0.25) is 9.59 Å². The van der Waals surface area contributed by atoms with E-state index in [-0.39, 0.29) is 62.8 Å². The minimum Gasteiger partial charge on any atom is -0.480 e. The maximum Gasteiger partial charge on any atom is 0.407 e. The molecule has 2 amide bonds. The van der Waals surface area contributed by atoms with Gasteiger partial charge in [-0.05, 0) is 93.6 Å². The Labute approximate surface area is 489 Å². The molecule has 23 heteroatoms. The Balaban J connectivity index is 0.000000201. The summed E-state index contributed by atoms with van der Waals surface area (Å²) in [6.45, 7) is 0.523. The first-order chi connectivity index (χ1) is 40.4. The van der Waals surface area contributed by atoms with Crippen LogP contribution in [0.5, 0.6) is 0 Å². The monoisotopic (exact) mass is 1160 g/mol. The third-order valence-corrected chi connectivity index (χ3v) is 13.8. The molecule has 0 saturated heterocycles. The Morgan fingerprint density at radius 1 is 0.488 bits per heavy atom. The maximum atomic E-state index is 12.5. The van der Waals surface area contributed by atoms with E-state index in [0.717, 1.165) is 66.9 Å². The van der Waals surface area contributed by atoms with Crippen LogP contribution in [0.15, 0.2) is 158 Å². The molecule has 0 saturated carbocycles. The summed E-state index contributed by atoms with van der Waals surface area (Å²) in [7, 11) is 0. The molecule has 0 bridgehead atoms. The van der Waals surface area contributed by atoms with E-state index >= 15 is 0 Å². The Hall–Kier alpha value is -9.67. The number of rotatable bonds is 24. The van der Waals surface area contributed by atoms with Crippen LogP contribution in [0.2, 0.25) is 0 Å². The summed E-state index contributed by atoms with van der Waals surface area (Å²) in [5, 5.41) is 55.8. The number of hydrogen-bond donors (Lipinski definition) is 6. The maximum absolute atomic E-state index is 12.5. The van der Waals surface area contributed by atoms with Crippen molar-refractivity contribution < 1.29 is 53.6 Å². The fourth-order valence-corrected chi connectivity index (χ4v) is 9.80. The van der Waals surface area contributed by atoms with Crippen LogP contribution in [0.3, 0.4) is 0 Å². The lowest BCUT2D eigenvalue weighted by atomic mass is 9.98. The Morgan fingerprint density at radius 3 is 1.24 bits per heavy atom. The van der Waals surface area contributed by atoms with Crippen molar-refractivity contribution in [2.24, 2.45) is 5.73 Å². The lowest BCUT2D eigenvalue weighted by molar-refractivity contribution is -0.140. The van der Waals surface area contributed by atoms with Crippen LogP contribution in [-0.2, 0) is 41.7 Å². The Bertz CT molecular complexity index is 3400. The molecule has 2 aliphatic carbocycles. The van der Waals surface area contributed by atoms with Gasteiger partial charge in [0.25, 0.3) is 0 Å². The summed E-state index contributed by atoms with van der Waals surface area (Å²) in [5.74, 6) is -2.49. The van der Waals surface area contributed by atoms with Gasteiger partial charge < -0.3 is 41.2 Å². The highest BCUT2D eigenvalue weighted by molar-refractivity contribution is 5.85. The van der Waals surface area contributed by atoms with E-state index in [1.807, 2.05) is 133 Å². The molecule has 84 heavy (non-hydrogen) atoms. The molecule has 2 aromatic heterocycles. The van der Waals surface area contributed by atoms with E-state index in [0.29, 0.717) is 56.7 Å². The third kappa shape index (κ3) is 17.0. The van der Waals surface area contributed by atoms with Crippen molar-refractivity contribution in [3.05, 3.63) is 180 Å². The standard InChI is InChI=1S/C31H31N5O5.C21H24N2O4.C9H8N4O2.ClH/c37-22(19-36-34-29(33-35-36)21-11-3-1-4-12-21)13-5-2-6-18-28(30(38)39)32-31(40)41-20-27-25-16-9-7-14-23(25)24-15-8-10-17-26(24)27;22-12-6-5-11-19(20(24)25)23-21(26)27-13-18-16-9-3-1-7-14(16)15-8-2-4-10-17(15)18;14-8(15)6-13-11-9(10-12-13)7-4-2-1-3-5-7;/h1,3-4,7-12,14-17,27-28H,2,5-6,13,18-20H2,(H,32,40)(H,38,39);1-4,7-10,18-19H,5-6,11-13,22H2,(H,23,26)(H,24,25);1-5H,6H2,(H,14,15);1H/t28-;19-;;/m00../s1. The second-order valence-electron chi connectivity index (χ2n) is 19.6. The zero-order valence-corrected chi connectivity index (χ0v) is 46.5. The number of carbonyl (C=O) groups excluding carboxylic acids is 3. The number of Topliss-reactive ketones (excluding diaryl/α,β-unsaturated/α-hetero) is 1. The molecule has 2 heterocycles. The van der Waals surface area contributed by atoms with Crippen LogP contribution >= 0.6 is 12.4 Å². The summed E-state index contributed by atoms with van der Waals surface area (Å²) >= 11 is 0. The Morgan fingerprint density at radius 2 is 0.857 bits per heavy atom. The van der Waals surface area contributed by atoms with Crippen molar-refractivity contribution in [2.75, 3.05) is 19.8 Å². The van der Waals surface area contributed by atoms with Gasteiger partial charge in [-0.25, -0.2) is 19.2 Å². The van der Waals surface area contributed by atoms with Crippen molar-refractivity contribution >= 4 is 48.3 Å². The first-order valence-corrected chi connectivity index (χ1v) is 27.2. The highest BCUT2D eigenvalue weighted by Gasteiger charge is 2.31. The fraction of sp³-hybridized carbons (Fsp3) is 0.279. The van der Waals surface area contributed by atoms with E-state index in [9.17, 15) is 39.0 Å². The van der Waals surface area contributed by atoms with Crippen LogP contribution < -0.4 is 16.4 Å². The van der Waals surface area contributed by atoms with Crippen LogP contribution in [0.1, 0.15) is 85.5 Å². The van der Waals surface area contributed by atoms with E-state index < -0.39 is 42.2 Å². The molecule has 8 aromatic rings. The third-order valence-electron chi connectivity index (χ3n) is 13.8. The molecule has 2 atom stereocenters. The van der Waals surface area contributed by atoms with E-state index in [2.05, 4.69) is 65.7 Å². The van der Waals surface area contributed by atoms with Gasteiger partial charge in [0.2, 0.25) is 11.6 Å². The number of unbranched alkanes of at least 4 members (excludes halogenated alkanes) is 3. The second-order valence-corrected chi connectivity index (χ2v) is 19.6. The number of nitrogens with two attached hydrogens (primary N) is 1. The summed E-state index contributed by atoms with van der Waals surface area (Å²) in [4.78, 5) is 72.8. The topological polar surface area (TPSA) is 319 Å². The summed E-state index contributed by atoms with van der Waals surface area (Å²) in [6, 6.07) is 48.8. The smallest absolute Gasteiger partial charge is 0.407 e. The van der Waals surface area contributed by atoms with Crippen molar-refractivity contribution in [1.82, 2.24) is 51.0 Å². The predicted octanol–water partition coefficient (Wildman–Crippen LogP) is 8.81. The molecule has 7 N–H and O–H groups in total. The number of fused-ring (bicyclic) bond motifs is 6. The number of ether oxygens (including phenoxy) is 2. The van der Waals surface area contributed by atoms with Crippen molar-refractivity contribution in [3.63, 3.8) is 0 Å². The average Bonchev–Trinajstić information content (AvgIpc) is 2.81. The molecule has 0 aliphatic heterocycles. The number of amides is 2. The first-order valence-electron chi connectivity index (χ1n) is 27.2. The number of nitrogens with zero attached hydrogens (tertiary/aromatic N) is 8. The largest absolute Gasteiger partial charge is 0.480 e. The number of ketones is 1. The number of aromatic nitrogens is 8. The van der Waals surface area contributed by atoms with Gasteiger partial charge in [0.1, 0.15) is 31.8 Å². The zero-order chi connectivity index (χ0) is 58.5. The van der Waals surface area contributed by atoms with E-state index in [1.54, 1.807) is 0 Å². The highest BCUT2D eigenvalue weighted by atomic mass is 35.5. The predicted molar refractivity (Wildman–Crippen MR) is 312 cm³/mol. The molecule has 22 nitrogen and oxygen atoms in total. The number of aliphatic carboxylic acids is 3. The summed E-state index contributed by atoms with van der Waals surface area (Å²) in [5.41, 5.74) is 16.0. The number of carboxylic acids is 3. The number of carbonyl (C=O) groups is 6. The second kappa shape index (κ2) is 31.0. The average molecular weight is 1160 g/mol. The van der Waals surface area contributed by atoms with Crippen LogP contribution in [0, 0.1) is 0 Å². The lowest BCUT2D eigenvalue weighted by Crippen LogP contribution is -2.41. The molecule has 2 aliphatic rings. The van der Waals surface area contributed by atoms with Crippen LogP contribution in [0.4, 0.5) is 9.59 Å². The van der Waals surface area contributed by atoms with Gasteiger partial charge in [-0.15, -0.1) is 32.8 Å². The molecule has 10 rings (SSSR count).